The second kappa shape index (κ2) is 5.70. The topological polar surface area (TPSA) is 47.9 Å². The molecule has 0 spiro atoms. The van der Waals surface area contributed by atoms with Crippen LogP contribution in [0, 0.1) is 0 Å². The Morgan fingerprint density at radius 2 is 1.94 bits per heavy atom. The fourth-order valence-corrected chi connectivity index (χ4v) is 2.49. The van der Waals surface area contributed by atoms with Crippen molar-refractivity contribution in [3.05, 3.63) is 12.2 Å². The van der Waals surface area contributed by atoms with E-state index in [1.165, 1.54) is 0 Å². The number of aliphatic hydroxyl groups is 1. The van der Waals surface area contributed by atoms with Gasteiger partial charge in [0.15, 0.2) is 5.79 Å². The van der Waals surface area contributed by atoms with Gasteiger partial charge in [-0.15, -0.1) is 0 Å². The molecule has 1 N–H and O–H groups in total. The standard InChI is InChI=1S/C14H24O4/c1-4-11-10(15)7-5-6-8-12(17-11)13-9-16-14(2,3)18-13/h5-6,10-13,15H,4,7-9H2,1-3H3/b6-5-/t10?,11-,12-,13-/m1/s1. The second-order valence-corrected chi connectivity index (χ2v) is 5.50. The molecule has 0 aliphatic carbocycles. The molecule has 1 saturated heterocycles. The van der Waals surface area contributed by atoms with Crippen LogP contribution in [0.2, 0.25) is 0 Å². The maximum Gasteiger partial charge on any atom is 0.163 e. The van der Waals surface area contributed by atoms with E-state index in [4.69, 9.17) is 14.2 Å². The van der Waals surface area contributed by atoms with Gasteiger partial charge in [0.25, 0.3) is 0 Å². The summed E-state index contributed by atoms with van der Waals surface area (Å²) in [5.41, 5.74) is 0. The van der Waals surface area contributed by atoms with E-state index in [1.807, 2.05) is 26.8 Å². The van der Waals surface area contributed by atoms with Gasteiger partial charge in [-0.25, -0.2) is 0 Å². The van der Waals surface area contributed by atoms with E-state index in [0.717, 1.165) is 12.8 Å². The summed E-state index contributed by atoms with van der Waals surface area (Å²) < 4.78 is 17.5. The average Bonchev–Trinajstić information content (AvgIpc) is 2.65. The first-order chi connectivity index (χ1) is 8.52. The maximum absolute atomic E-state index is 9.99. The van der Waals surface area contributed by atoms with E-state index in [-0.39, 0.29) is 18.3 Å². The van der Waals surface area contributed by atoms with E-state index >= 15 is 0 Å². The van der Waals surface area contributed by atoms with Gasteiger partial charge < -0.3 is 19.3 Å². The Morgan fingerprint density at radius 3 is 2.56 bits per heavy atom. The van der Waals surface area contributed by atoms with Crippen molar-refractivity contribution in [2.45, 2.75) is 70.2 Å². The van der Waals surface area contributed by atoms with Crippen molar-refractivity contribution >= 4 is 0 Å². The molecule has 2 aliphatic rings. The van der Waals surface area contributed by atoms with Crippen LogP contribution in [0.1, 0.15) is 40.0 Å². The molecule has 1 unspecified atom stereocenters. The summed E-state index contributed by atoms with van der Waals surface area (Å²) >= 11 is 0. The molecule has 104 valence electrons. The molecule has 0 aromatic heterocycles. The molecule has 2 heterocycles. The first kappa shape index (κ1) is 14.0. The third kappa shape index (κ3) is 3.32. The fourth-order valence-electron chi connectivity index (χ4n) is 2.49. The molecule has 0 bridgehead atoms. The smallest absolute Gasteiger partial charge is 0.163 e. The molecule has 4 nitrogen and oxygen atoms in total. The average molecular weight is 256 g/mol. The largest absolute Gasteiger partial charge is 0.390 e. The normalized spacial score (nSPS) is 42.2. The SMILES string of the molecule is CC[C@H]1O[C@@H]([C@H]2COC(C)(C)O2)C/C=C\CC1O. The van der Waals surface area contributed by atoms with Crippen LogP contribution < -0.4 is 0 Å². The highest BCUT2D eigenvalue weighted by Gasteiger charge is 2.39. The summed E-state index contributed by atoms with van der Waals surface area (Å²) in [4.78, 5) is 0. The molecular formula is C14H24O4. The van der Waals surface area contributed by atoms with Gasteiger partial charge in [-0.2, -0.15) is 0 Å². The Hall–Kier alpha value is -0.420. The van der Waals surface area contributed by atoms with E-state index in [1.54, 1.807) is 0 Å². The lowest BCUT2D eigenvalue weighted by molar-refractivity contribution is -0.170. The van der Waals surface area contributed by atoms with E-state index in [2.05, 4.69) is 6.08 Å². The molecule has 1 fully saturated rings. The predicted octanol–water partition coefficient (Wildman–Crippen LogP) is 2.01. The van der Waals surface area contributed by atoms with Gasteiger partial charge in [-0.3, -0.25) is 0 Å². The molecule has 2 aliphatic heterocycles. The zero-order valence-corrected chi connectivity index (χ0v) is 11.5. The van der Waals surface area contributed by atoms with Crippen molar-refractivity contribution in [3.8, 4) is 0 Å². The number of hydrogen-bond donors (Lipinski definition) is 1. The number of hydrogen-bond acceptors (Lipinski definition) is 4. The van der Waals surface area contributed by atoms with E-state index < -0.39 is 11.9 Å². The van der Waals surface area contributed by atoms with Gasteiger partial charge >= 0.3 is 0 Å². The molecule has 0 amide bonds. The van der Waals surface area contributed by atoms with Crippen LogP contribution in [-0.2, 0) is 14.2 Å². The minimum atomic E-state index is -0.527. The molecule has 0 saturated carbocycles. The Balaban J connectivity index is 2.02. The zero-order chi connectivity index (χ0) is 13.2. The number of rotatable bonds is 2. The molecule has 4 atom stereocenters. The van der Waals surface area contributed by atoms with Crippen LogP contribution >= 0.6 is 0 Å². The lowest BCUT2D eigenvalue weighted by Gasteiger charge is -2.31. The maximum atomic E-state index is 9.99. The second-order valence-electron chi connectivity index (χ2n) is 5.50. The first-order valence-corrected chi connectivity index (χ1v) is 6.82. The number of aliphatic hydroxyl groups excluding tert-OH is 1. The van der Waals surface area contributed by atoms with E-state index in [0.29, 0.717) is 13.0 Å². The van der Waals surface area contributed by atoms with Crippen molar-refractivity contribution in [2.75, 3.05) is 6.61 Å². The van der Waals surface area contributed by atoms with Gasteiger partial charge in [0.2, 0.25) is 0 Å². The fraction of sp³-hybridized carbons (Fsp3) is 0.857. The Kier molecular flexibility index (Phi) is 4.43. The van der Waals surface area contributed by atoms with Gasteiger partial charge in [0, 0.05) is 0 Å². The summed E-state index contributed by atoms with van der Waals surface area (Å²) in [7, 11) is 0. The predicted molar refractivity (Wildman–Crippen MR) is 68.2 cm³/mol. The highest BCUT2D eigenvalue weighted by atomic mass is 16.7. The molecule has 0 aromatic rings. The van der Waals surface area contributed by atoms with Crippen LogP contribution in [0.4, 0.5) is 0 Å². The van der Waals surface area contributed by atoms with Crippen LogP contribution in [0.3, 0.4) is 0 Å². The highest BCUT2D eigenvalue weighted by molar-refractivity contribution is 4.94. The third-order valence-corrected chi connectivity index (χ3v) is 3.54. The van der Waals surface area contributed by atoms with Gasteiger partial charge in [0.1, 0.15) is 6.10 Å². The summed E-state index contributed by atoms with van der Waals surface area (Å²) in [6.07, 6.45) is 5.75. The van der Waals surface area contributed by atoms with Crippen molar-refractivity contribution in [2.24, 2.45) is 0 Å². The van der Waals surface area contributed by atoms with Crippen LogP contribution in [0.5, 0.6) is 0 Å². The zero-order valence-electron chi connectivity index (χ0n) is 11.5. The minimum absolute atomic E-state index is 0.0390. The quantitative estimate of drug-likeness (QED) is 0.768. The van der Waals surface area contributed by atoms with Crippen LogP contribution in [-0.4, -0.2) is 41.9 Å². The van der Waals surface area contributed by atoms with Crippen molar-refractivity contribution in [1.29, 1.82) is 0 Å². The van der Waals surface area contributed by atoms with Gasteiger partial charge in [0.05, 0.1) is 24.9 Å². The molecule has 2 rings (SSSR count). The monoisotopic (exact) mass is 256 g/mol. The van der Waals surface area contributed by atoms with Crippen LogP contribution in [0.25, 0.3) is 0 Å². The summed E-state index contributed by atoms with van der Waals surface area (Å²) in [6, 6.07) is 0. The lowest BCUT2D eigenvalue weighted by atomic mass is 10.0. The Morgan fingerprint density at radius 1 is 1.22 bits per heavy atom. The van der Waals surface area contributed by atoms with Gasteiger partial charge in [-0.05, 0) is 33.1 Å². The lowest BCUT2D eigenvalue weighted by Crippen LogP contribution is -2.40. The third-order valence-electron chi connectivity index (χ3n) is 3.54. The van der Waals surface area contributed by atoms with Crippen molar-refractivity contribution in [1.82, 2.24) is 0 Å². The molecule has 18 heavy (non-hydrogen) atoms. The molecular weight excluding hydrogens is 232 g/mol. The summed E-state index contributed by atoms with van der Waals surface area (Å²) in [5.74, 6) is -0.527. The van der Waals surface area contributed by atoms with E-state index in [9.17, 15) is 5.11 Å². The first-order valence-electron chi connectivity index (χ1n) is 6.82. The van der Waals surface area contributed by atoms with Crippen molar-refractivity contribution in [3.63, 3.8) is 0 Å². The summed E-state index contributed by atoms with van der Waals surface area (Å²) in [5, 5.41) is 9.99. The Labute approximate surface area is 109 Å². The molecule has 0 aromatic carbocycles. The van der Waals surface area contributed by atoms with Gasteiger partial charge in [-0.1, -0.05) is 19.1 Å². The number of ether oxygens (including phenoxy) is 3. The molecule has 4 heteroatoms. The Bertz CT molecular complexity index is 300. The summed E-state index contributed by atoms with van der Waals surface area (Å²) in [6.45, 7) is 6.42. The van der Waals surface area contributed by atoms with Crippen LogP contribution in [0.15, 0.2) is 12.2 Å². The minimum Gasteiger partial charge on any atom is -0.390 e. The molecule has 0 radical (unpaired) electrons. The highest BCUT2D eigenvalue weighted by Crippen LogP contribution is 2.29. The van der Waals surface area contributed by atoms with Crippen molar-refractivity contribution < 1.29 is 19.3 Å².